The van der Waals surface area contributed by atoms with Crippen LogP contribution < -0.4 is 4.90 Å². The first-order valence-corrected chi connectivity index (χ1v) is 8.61. The summed E-state index contributed by atoms with van der Waals surface area (Å²) in [6.45, 7) is 2.13. The summed E-state index contributed by atoms with van der Waals surface area (Å²) in [6, 6.07) is 32.4. The molecule has 0 N–H and O–H groups in total. The van der Waals surface area contributed by atoms with E-state index in [0.717, 1.165) is 0 Å². The van der Waals surface area contributed by atoms with E-state index in [1.807, 2.05) is 0 Å². The molecule has 0 radical (unpaired) electrons. The molecule has 0 fully saturated rings. The van der Waals surface area contributed by atoms with Gasteiger partial charge in [-0.15, -0.1) is 0 Å². The van der Waals surface area contributed by atoms with Gasteiger partial charge in [0.05, 0.1) is 0 Å². The molecule has 0 aromatic heterocycles. The molecular weight excluding hydrogens is 302 g/mol. The molecule has 4 rings (SSSR count). The SMILES string of the molecule is Cc1cccc(N(C)c2ccc(-c3cccc4ccccc34)cc2)c1. The third-order valence-corrected chi connectivity index (χ3v) is 4.74. The minimum atomic E-state index is 1.19. The van der Waals surface area contributed by atoms with Gasteiger partial charge in [-0.3, -0.25) is 0 Å². The number of fused-ring (bicyclic) bond motifs is 1. The van der Waals surface area contributed by atoms with Crippen molar-refractivity contribution in [2.24, 2.45) is 0 Å². The van der Waals surface area contributed by atoms with E-state index in [2.05, 4.69) is 110 Å². The van der Waals surface area contributed by atoms with Gasteiger partial charge in [-0.05, 0) is 58.7 Å². The van der Waals surface area contributed by atoms with Crippen molar-refractivity contribution in [1.29, 1.82) is 0 Å². The molecule has 0 heterocycles. The molecule has 4 aromatic carbocycles. The molecule has 0 saturated carbocycles. The van der Waals surface area contributed by atoms with Crippen molar-refractivity contribution in [1.82, 2.24) is 0 Å². The summed E-state index contributed by atoms with van der Waals surface area (Å²) < 4.78 is 0. The minimum Gasteiger partial charge on any atom is -0.345 e. The maximum Gasteiger partial charge on any atom is 0.0410 e. The summed E-state index contributed by atoms with van der Waals surface area (Å²) in [4.78, 5) is 2.22. The Morgan fingerprint density at radius 3 is 2.16 bits per heavy atom. The Morgan fingerprint density at radius 2 is 1.36 bits per heavy atom. The number of benzene rings is 4. The average molecular weight is 323 g/mol. The van der Waals surface area contributed by atoms with Gasteiger partial charge < -0.3 is 4.90 Å². The van der Waals surface area contributed by atoms with Crippen LogP contribution in [0.2, 0.25) is 0 Å². The summed E-state index contributed by atoms with van der Waals surface area (Å²) in [7, 11) is 2.11. The van der Waals surface area contributed by atoms with E-state index in [0.29, 0.717) is 0 Å². The fourth-order valence-corrected chi connectivity index (χ4v) is 3.33. The van der Waals surface area contributed by atoms with Gasteiger partial charge in [-0.1, -0.05) is 66.7 Å². The molecule has 0 amide bonds. The van der Waals surface area contributed by atoms with Crippen molar-refractivity contribution in [3.63, 3.8) is 0 Å². The zero-order valence-electron chi connectivity index (χ0n) is 14.6. The van der Waals surface area contributed by atoms with Gasteiger partial charge in [0.25, 0.3) is 0 Å². The molecule has 1 nitrogen and oxygen atoms in total. The third-order valence-electron chi connectivity index (χ3n) is 4.74. The monoisotopic (exact) mass is 323 g/mol. The molecule has 0 aliphatic heterocycles. The first kappa shape index (κ1) is 15.5. The van der Waals surface area contributed by atoms with Gasteiger partial charge in [0.15, 0.2) is 0 Å². The fourth-order valence-electron chi connectivity index (χ4n) is 3.33. The molecule has 4 aromatic rings. The number of aryl methyl sites for hydroxylation is 1. The van der Waals surface area contributed by atoms with Crippen molar-refractivity contribution in [2.45, 2.75) is 6.92 Å². The zero-order chi connectivity index (χ0) is 17.2. The molecule has 0 spiro atoms. The molecular formula is C24H21N. The summed E-state index contributed by atoms with van der Waals surface area (Å²) in [5.74, 6) is 0. The van der Waals surface area contributed by atoms with Crippen LogP contribution in [0.15, 0.2) is 91.0 Å². The van der Waals surface area contributed by atoms with Crippen LogP contribution in [0, 0.1) is 6.92 Å². The Labute approximate surface area is 149 Å². The fraction of sp³-hybridized carbons (Fsp3) is 0.0833. The lowest BCUT2D eigenvalue weighted by Crippen LogP contribution is -2.09. The number of anilines is 2. The van der Waals surface area contributed by atoms with Crippen LogP contribution in [0.25, 0.3) is 21.9 Å². The Bertz CT molecular complexity index is 1010. The van der Waals surface area contributed by atoms with E-state index >= 15 is 0 Å². The number of hydrogen-bond donors (Lipinski definition) is 0. The van der Waals surface area contributed by atoms with Gasteiger partial charge in [-0.25, -0.2) is 0 Å². The van der Waals surface area contributed by atoms with Gasteiger partial charge in [0.2, 0.25) is 0 Å². The predicted octanol–water partition coefficient (Wildman–Crippen LogP) is 6.58. The van der Waals surface area contributed by atoms with Crippen molar-refractivity contribution >= 4 is 22.1 Å². The molecule has 1 heteroatoms. The van der Waals surface area contributed by atoms with E-state index in [9.17, 15) is 0 Å². The normalized spacial score (nSPS) is 10.8. The van der Waals surface area contributed by atoms with Gasteiger partial charge >= 0.3 is 0 Å². The average Bonchev–Trinajstić information content (AvgIpc) is 2.67. The lowest BCUT2D eigenvalue weighted by atomic mass is 9.98. The lowest BCUT2D eigenvalue weighted by molar-refractivity contribution is 1.20. The second kappa shape index (κ2) is 6.45. The maximum atomic E-state index is 2.22. The second-order valence-electron chi connectivity index (χ2n) is 6.47. The van der Waals surface area contributed by atoms with Crippen LogP contribution in [-0.2, 0) is 0 Å². The van der Waals surface area contributed by atoms with Crippen molar-refractivity contribution in [3.05, 3.63) is 96.6 Å². The highest BCUT2D eigenvalue weighted by Crippen LogP contribution is 2.31. The zero-order valence-corrected chi connectivity index (χ0v) is 14.6. The number of hydrogen-bond acceptors (Lipinski definition) is 1. The number of rotatable bonds is 3. The van der Waals surface area contributed by atoms with E-state index in [-0.39, 0.29) is 0 Å². The molecule has 0 atom stereocenters. The minimum absolute atomic E-state index is 1.19. The Balaban J connectivity index is 1.70. The van der Waals surface area contributed by atoms with E-state index in [4.69, 9.17) is 0 Å². The maximum absolute atomic E-state index is 2.22. The van der Waals surface area contributed by atoms with Gasteiger partial charge in [0, 0.05) is 18.4 Å². The van der Waals surface area contributed by atoms with Gasteiger partial charge in [0.1, 0.15) is 0 Å². The largest absolute Gasteiger partial charge is 0.345 e. The first-order chi connectivity index (χ1) is 12.2. The highest BCUT2D eigenvalue weighted by atomic mass is 15.1. The summed E-state index contributed by atoms with van der Waals surface area (Å²) in [5, 5.41) is 2.57. The molecule has 25 heavy (non-hydrogen) atoms. The van der Waals surface area contributed by atoms with Crippen molar-refractivity contribution in [3.8, 4) is 11.1 Å². The topological polar surface area (TPSA) is 3.24 Å². The predicted molar refractivity (Wildman–Crippen MR) is 109 cm³/mol. The Morgan fingerprint density at radius 1 is 0.640 bits per heavy atom. The molecule has 0 saturated heterocycles. The summed E-state index contributed by atoms with van der Waals surface area (Å²) in [5.41, 5.74) is 6.20. The van der Waals surface area contributed by atoms with E-state index in [1.54, 1.807) is 0 Å². The molecule has 122 valence electrons. The lowest BCUT2D eigenvalue weighted by Gasteiger charge is -2.20. The highest BCUT2D eigenvalue weighted by molar-refractivity contribution is 5.96. The second-order valence-corrected chi connectivity index (χ2v) is 6.47. The first-order valence-electron chi connectivity index (χ1n) is 8.61. The van der Waals surface area contributed by atoms with Crippen LogP contribution in [0.4, 0.5) is 11.4 Å². The van der Waals surface area contributed by atoms with Crippen LogP contribution in [0.3, 0.4) is 0 Å². The Hall–Kier alpha value is -3.06. The number of nitrogens with zero attached hydrogens (tertiary/aromatic N) is 1. The van der Waals surface area contributed by atoms with Crippen LogP contribution >= 0.6 is 0 Å². The molecule has 0 aliphatic rings. The van der Waals surface area contributed by atoms with Crippen LogP contribution in [0.5, 0.6) is 0 Å². The molecule has 0 bridgehead atoms. The molecule has 0 aliphatic carbocycles. The van der Waals surface area contributed by atoms with E-state index in [1.165, 1.54) is 38.8 Å². The van der Waals surface area contributed by atoms with Crippen LogP contribution in [-0.4, -0.2) is 7.05 Å². The Kier molecular flexibility index (Phi) is 3.99. The smallest absolute Gasteiger partial charge is 0.0410 e. The molecule has 0 unspecified atom stereocenters. The van der Waals surface area contributed by atoms with E-state index < -0.39 is 0 Å². The highest BCUT2D eigenvalue weighted by Gasteiger charge is 2.06. The quantitative estimate of drug-likeness (QED) is 0.411. The van der Waals surface area contributed by atoms with Gasteiger partial charge in [-0.2, -0.15) is 0 Å². The standard InChI is InChI=1S/C24H21N/c1-18-7-5-10-22(17-18)25(2)21-15-13-20(14-16-21)24-12-6-9-19-8-3-4-11-23(19)24/h3-17H,1-2H3. The van der Waals surface area contributed by atoms with Crippen molar-refractivity contribution < 1.29 is 0 Å². The third kappa shape index (κ3) is 3.01. The summed E-state index contributed by atoms with van der Waals surface area (Å²) >= 11 is 0. The van der Waals surface area contributed by atoms with Crippen molar-refractivity contribution in [2.75, 3.05) is 11.9 Å². The van der Waals surface area contributed by atoms with Crippen LogP contribution in [0.1, 0.15) is 5.56 Å². The summed E-state index contributed by atoms with van der Waals surface area (Å²) in [6.07, 6.45) is 0.